The lowest BCUT2D eigenvalue weighted by Crippen LogP contribution is -1.94. The Balaban J connectivity index is 2.34. The SMILES string of the molecule is Cc1c(-c2ccccc2-c2cc(O)c(O)c(C)c2C)cc(O)c(O)c1C. The van der Waals surface area contributed by atoms with Crippen LogP contribution in [0.25, 0.3) is 22.3 Å². The van der Waals surface area contributed by atoms with E-state index in [1.165, 1.54) is 0 Å². The van der Waals surface area contributed by atoms with Crippen LogP contribution in [0.15, 0.2) is 36.4 Å². The summed E-state index contributed by atoms with van der Waals surface area (Å²) in [6.45, 7) is 7.32. The van der Waals surface area contributed by atoms with Gasteiger partial charge in [-0.25, -0.2) is 0 Å². The lowest BCUT2D eigenvalue weighted by atomic mass is 9.87. The Morgan fingerprint density at radius 1 is 0.500 bits per heavy atom. The van der Waals surface area contributed by atoms with Crippen LogP contribution >= 0.6 is 0 Å². The van der Waals surface area contributed by atoms with Crippen molar-refractivity contribution in [1.29, 1.82) is 0 Å². The standard InChI is InChI=1S/C22H22O4/c1-11-13(3)21(25)19(23)9-17(11)15-7-5-6-8-16(15)18-10-20(24)22(26)14(4)12(18)2/h5-10,23-26H,1-4H3. The van der Waals surface area contributed by atoms with E-state index in [0.29, 0.717) is 11.1 Å². The molecule has 0 atom stereocenters. The van der Waals surface area contributed by atoms with Crippen molar-refractivity contribution in [3.8, 4) is 45.3 Å². The van der Waals surface area contributed by atoms with Gasteiger partial charge in [-0.2, -0.15) is 0 Å². The highest BCUT2D eigenvalue weighted by molar-refractivity contribution is 5.88. The lowest BCUT2D eigenvalue weighted by Gasteiger charge is -2.18. The molecule has 0 radical (unpaired) electrons. The van der Waals surface area contributed by atoms with Crippen molar-refractivity contribution in [2.75, 3.05) is 0 Å². The van der Waals surface area contributed by atoms with Gasteiger partial charge in [-0.1, -0.05) is 24.3 Å². The molecule has 0 fully saturated rings. The van der Waals surface area contributed by atoms with Crippen LogP contribution in [0.2, 0.25) is 0 Å². The van der Waals surface area contributed by atoms with Crippen molar-refractivity contribution in [2.24, 2.45) is 0 Å². The number of rotatable bonds is 2. The summed E-state index contributed by atoms with van der Waals surface area (Å²) in [7, 11) is 0. The molecule has 4 N–H and O–H groups in total. The molecule has 0 aliphatic heterocycles. The van der Waals surface area contributed by atoms with E-state index >= 15 is 0 Å². The molecule has 4 nitrogen and oxygen atoms in total. The molecule has 0 aliphatic carbocycles. The minimum Gasteiger partial charge on any atom is -0.504 e. The maximum atomic E-state index is 10.1. The molecule has 3 rings (SSSR count). The van der Waals surface area contributed by atoms with Gasteiger partial charge in [-0.05, 0) is 84.3 Å². The second kappa shape index (κ2) is 6.30. The zero-order chi connectivity index (χ0) is 19.2. The molecule has 0 saturated heterocycles. The third-order valence-electron chi connectivity index (χ3n) is 5.20. The van der Waals surface area contributed by atoms with E-state index in [0.717, 1.165) is 33.4 Å². The van der Waals surface area contributed by atoms with Gasteiger partial charge in [0, 0.05) is 0 Å². The molecule has 0 amide bonds. The second-order valence-electron chi connectivity index (χ2n) is 6.63. The topological polar surface area (TPSA) is 80.9 Å². The van der Waals surface area contributed by atoms with Gasteiger partial charge in [-0.15, -0.1) is 0 Å². The highest BCUT2D eigenvalue weighted by Gasteiger charge is 2.18. The van der Waals surface area contributed by atoms with Crippen molar-refractivity contribution >= 4 is 0 Å². The highest BCUT2D eigenvalue weighted by atomic mass is 16.3. The molecule has 134 valence electrons. The van der Waals surface area contributed by atoms with E-state index in [9.17, 15) is 20.4 Å². The minimum atomic E-state index is -0.167. The molecule has 4 heteroatoms. The maximum Gasteiger partial charge on any atom is 0.160 e. The van der Waals surface area contributed by atoms with Crippen LogP contribution < -0.4 is 0 Å². The zero-order valence-corrected chi connectivity index (χ0v) is 15.3. The van der Waals surface area contributed by atoms with E-state index in [2.05, 4.69) is 0 Å². The Morgan fingerprint density at radius 3 is 1.19 bits per heavy atom. The Labute approximate surface area is 152 Å². The quantitative estimate of drug-likeness (QED) is 0.486. The molecular weight excluding hydrogens is 328 g/mol. The molecule has 0 spiro atoms. The molecule has 0 bridgehead atoms. The average molecular weight is 350 g/mol. The van der Waals surface area contributed by atoms with E-state index in [1.807, 2.05) is 38.1 Å². The van der Waals surface area contributed by atoms with Crippen molar-refractivity contribution < 1.29 is 20.4 Å². The fraction of sp³-hybridized carbons (Fsp3) is 0.182. The van der Waals surface area contributed by atoms with Crippen LogP contribution in [0.3, 0.4) is 0 Å². The molecule has 3 aromatic carbocycles. The van der Waals surface area contributed by atoms with Crippen LogP contribution in [-0.4, -0.2) is 20.4 Å². The first kappa shape index (κ1) is 17.7. The summed E-state index contributed by atoms with van der Waals surface area (Å²) in [5.41, 5.74) is 6.32. The monoisotopic (exact) mass is 350 g/mol. The van der Waals surface area contributed by atoms with E-state index in [-0.39, 0.29) is 23.0 Å². The summed E-state index contributed by atoms with van der Waals surface area (Å²) in [5, 5.41) is 40.1. The van der Waals surface area contributed by atoms with E-state index in [4.69, 9.17) is 0 Å². The Hall–Kier alpha value is -3.14. The number of benzene rings is 3. The van der Waals surface area contributed by atoms with Crippen LogP contribution in [0.5, 0.6) is 23.0 Å². The summed E-state index contributed by atoms with van der Waals surface area (Å²) in [4.78, 5) is 0. The van der Waals surface area contributed by atoms with Gasteiger partial charge in [0.05, 0.1) is 0 Å². The van der Waals surface area contributed by atoms with Gasteiger partial charge in [0.25, 0.3) is 0 Å². The number of hydrogen-bond donors (Lipinski definition) is 4. The first-order valence-electron chi connectivity index (χ1n) is 8.38. The van der Waals surface area contributed by atoms with Gasteiger partial charge in [0.2, 0.25) is 0 Å². The molecular formula is C22H22O4. The normalized spacial score (nSPS) is 10.9. The third-order valence-corrected chi connectivity index (χ3v) is 5.20. The third kappa shape index (κ3) is 2.64. The minimum absolute atomic E-state index is 0.113. The van der Waals surface area contributed by atoms with Gasteiger partial charge in [0.15, 0.2) is 23.0 Å². The van der Waals surface area contributed by atoms with Crippen molar-refractivity contribution in [1.82, 2.24) is 0 Å². The summed E-state index contributed by atoms with van der Waals surface area (Å²) in [5.74, 6) is -0.560. The number of aromatic hydroxyl groups is 4. The Morgan fingerprint density at radius 2 is 0.846 bits per heavy atom. The highest BCUT2D eigenvalue weighted by Crippen LogP contribution is 2.44. The fourth-order valence-corrected chi connectivity index (χ4v) is 3.28. The number of phenols is 4. The molecule has 3 aromatic rings. The predicted molar refractivity (Wildman–Crippen MR) is 103 cm³/mol. The van der Waals surface area contributed by atoms with E-state index < -0.39 is 0 Å². The van der Waals surface area contributed by atoms with Crippen molar-refractivity contribution in [2.45, 2.75) is 27.7 Å². The van der Waals surface area contributed by atoms with Gasteiger partial charge in [-0.3, -0.25) is 0 Å². The fourth-order valence-electron chi connectivity index (χ4n) is 3.28. The molecule has 0 heterocycles. The summed E-state index contributed by atoms with van der Waals surface area (Å²) in [6.07, 6.45) is 0. The molecule has 0 aliphatic rings. The molecule has 26 heavy (non-hydrogen) atoms. The maximum absolute atomic E-state index is 10.1. The summed E-state index contributed by atoms with van der Waals surface area (Å²) < 4.78 is 0. The van der Waals surface area contributed by atoms with Crippen molar-refractivity contribution in [3.05, 3.63) is 58.7 Å². The number of phenolic OH excluding ortho intramolecular Hbond substituents is 4. The second-order valence-corrected chi connectivity index (χ2v) is 6.63. The van der Waals surface area contributed by atoms with Gasteiger partial charge < -0.3 is 20.4 Å². The smallest absolute Gasteiger partial charge is 0.160 e. The van der Waals surface area contributed by atoms with Crippen LogP contribution in [0.1, 0.15) is 22.3 Å². The van der Waals surface area contributed by atoms with Crippen LogP contribution in [0.4, 0.5) is 0 Å². The first-order chi connectivity index (χ1) is 12.2. The van der Waals surface area contributed by atoms with Crippen LogP contribution in [-0.2, 0) is 0 Å². The van der Waals surface area contributed by atoms with Gasteiger partial charge in [0.1, 0.15) is 0 Å². The molecule has 0 saturated carbocycles. The Kier molecular flexibility index (Phi) is 4.28. The summed E-state index contributed by atoms with van der Waals surface area (Å²) in [6, 6.07) is 10.8. The average Bonchev–Trinajstić information content (AvgIpc) is 2.64. The lowest BCUT2D eigenvalue weighted by molar-refractivity contribution is 0.401. The Bertz CT molecular complexity index is 937. The number of hydrogen-bond acceptors (Lipinski definition) is 4. The van der Waals surface area contributed by atoms with E-state index in [1.54, 1.807) is 26.0 Å². The zero-order valence-electron chi connectivity index (χ0n) is 15.3. The van der Waals surface area contributed by atoms with Crippen LogP contribution in [0, 0.1) is 27.7 Å². The molecule has 0 aromatic heterocycles. The van der Waals surface area contributed by atoms with Gasteiger partial charge >= 0.3 is 0 Å². The largest absolute Gasteiger partial charge is 0.504 e. The predicted octanol–water partition coefficient (Wildman–Crippen LogP) is 5.08. The molecule has 0 unspecified atom stereocenters. The first-order valence-corrected chi connectivity index (χ1v) is 8.38. The summed E-state index contributed by atoms with van der Waals surface area (Å²) >= 11 is 0. The van der Waals surface area contributed by atoms with Crippen molar-refractivity contribution in [3.63, 3.8) is 0 Å².